The van der Waals surface area contributed by atoms with E-state index in [0.29, 0.717) is 0 Å². The number of nitrogens with one attached hydrogen (secondary N) is 1. The minimum atomic E-state index is -0.100. The zero-order valence-corrected chi connectivity index (χ0v) is 17.5. The molecule has 1 N–H and O–H groups in total. The number of piperidine rings is 1. The first-order valence-electron chi connectivity index (χ1n) is 9.94. The Morgan fingerprint density at radius 1 is 1.18 bits per heavy atom. The van der Waals surface area contributed by atoms with Crippen molar-refractivity contribution in [3.63, 3.8) is 0 Å². The summed E-state index contributed by atoms with van der Waals surface area (Å²) in [4.78, 5) is 18.7. The number of ether oxygens (including phenoxy) is 3. The Kier molecular flexibility index (Phi) is 8.91. The number of benzene rings is 1. The van der Waals surface area contributed by atoms with Crippen LogP contribution in [0.25, 0.3) is 0 Å². The van der Waals surface area contributed by atoms with Gasteiger partial charge in [0.1, 0.15) is 0 Å². The van der Waals surface area contributed by atoms with Gasteiger partial charge in [0, 0.05) is 26.2 Å². The molecular formula is C21H33N3O4. The highest BCUT2D eigenvalue weighted by Gasteiger charge is 2.26. The monoisotopic (exact) mass is 391 g/mol. The number of aliphatic imine (C=N–C) groups is 1. The van der Waals surface area contributed by atoms with Crippen molar-refractivity contribution >= 4 is 11.9 Å². The van der Waals surface area contributed by atoms with E-state index in [4.69, 9.17) is 19.2 Å². The number of likely N-dealkylation sites (tertiary alicyclic amines) is 1. The standard InChI is InChI=1S/C21H33N3O4/c1-5-22-21(24-13-10-17(11-14-24)20(25)28-4)23-12-6-7-16-8-9-18(26-2)19(15-16)27-3/h8-9,15,17H,5-7,10-14H2,1-4H3,(H,22,23). The fourth-order valence-corrected chi connectivity index (χ4v) is 3.42. The van der Waals surface area contributed by atoms with Gasteiger partial charge in [-0.05, 0) is 50.3 Å². The number of rotatable bonds is 8. The molecule has 0 amide bonds. The average molecular weight is 392 g/mol. The van der Waals surface area contributed by atoms with E-state index in [1.54, 1.807) is 14.2 Å². The van der Waals surface area contributed by atoms with Crippen molar-refractivity contribution in [2.24, 2.45) is 10.9 Å². The molecule has 0 saturated carbocycles. The van der Waals surface area contributed by atoms with Crippen molar-refractivity contribution in [2.75, 3.05) is 47.5 Å². The van der Waals surface area contributed by atoms with Crippen LogP contribution in [-0.4, -0.2) is 64.3 Å². The fourth-order valence-electron chi connectivity index (χ4n) is 3.42. The summed E-state index contributed by atoms with van der Waals surface area (Å²) < 4.78 is 15.5. The van der Waals surface area contributed by atoms with Gasteiger partial charge in [0.2, 0.25) is 0 Å². The van der Waals surface area contributed by atoms with Crippen LogP contribution < -0.4 is 14.8 Å². The summed E-state index contributed by atoms with van der Waals surface area (Å²) in [7, 11) is 4.75. The van der Waals surface area contributed by atoms with Crippen LogP contribution in [0.5, 0.6) is 11.5 Å². The number of nitrogens with zero attached hydrogens (tertiary/aromatic N) is 2. The zero-order chi connectivity index (χ0) is 20.4. The third kappa shape index (κ3) is 6.04. The van der Waals surface area contributed by atoms with Crippen LogP contribution in [0.15, 0.2) is 23.2 Å². The Morgan fingerprint density at radius 3 is 2.50 bits per heavy atom. The molecule has 28 heavy (non-hydrogen) atoms. The molecule has 1 aromatic carbocycles. The predicted octanol–water partition coefficient (Wildman–Crippen LogP) is 2.49. The molecule has 7 nitrogen and oxygen atoms in total. The summed E-state index contributed by atoms with van der Waals surface area (Å²) in [5.74, 6) is 2.34. The Bertz CT molecular complexity index is 655. The lowest BCUT2D eigenvalue weighted by Gasteiger charge is -2.33. The second-order valence-electron chi connectivity index (χ2n) is 6.81. The maximum absolute atomic E-state index is 11.7. The maximum atomic E-state index is 11.7. The second kappa shape index (κ2) is 11.4. The zero-order valence-electron chi connectivity index (χ0n) is 17.5. The summed E-state index contributed by atoms with van der Waals surface area (Å²) in [6.07, 6.45) is 3.49. The van der Waals surface area contributed by atoms with Gasteiger partial charge in [-0.25, -0.2) is 0 Å². The van der Waals surface area contributed by atoms with Crippen molar-refractivity contribution in [1.29, 1.82) is 0 Å². The molecule has 1 aromatic rings. The van der Waals surface area contributed by atoms with E-state index in [-0.39, 0.29) is 11.9 Å². The lowest BCUT2D eigenvalue weighted by molar-refractivity contribution is -0.146. The number of aryl methyl sites for hydroxylation is 1. The third-order valence-electron chi connectivity index (χ3n) is 5.00. The summed E-state index contributed by atoms with van der Waals surface area (Å²) >= 11 is 0. The Labute approximate surface area is 168 Å². The molecule has 0 unspecified atom stereocenters. The van der Waals surface area contributed by atoms with Crippen molar-refractivity contribution in [2.45, 2.75) is 32.6 Å². The highest BCUT2D eigenvalue weighted by molar-refractivity contribution is 5.80. The number of methoxy groups -OCH3 is 3. The molecular weight excluding hydrogens is 358 g/mol. The lowest BCUT2D eigenvalue weighted by Crippen LogP contribution is -2.46. The quantitative estimate of drug-likeness (QED) is 0.318. The molecule has 1 aliphatic heterocycles. The number of hydrogen-bond donors (Lipinski definition) is 1. The molecule has 0 aliphatic carbocycles. The predicted molar refractivity (Wildman–Crippen MR) is 110 cm³/mol. The van der Waals surface area contributed by atoms with Gasteiger partial charge in [-0.2, -0.15) is 0 Å². The molecule has 1 fully saturated rings. The maximum Gasteiger partial charge on any atom is 0.308 e. The minimum absolute atomic E-state index is 0.00850. The Hall–Kier alpha value is -2.44. The van der Waals surface area contributed by atoms with Gasteiger partial charge in [0.25, 0.3) is 0 Å². The molecule has 1 saturated heterocycles. The molecule has 0 atom stereocenters. The largest absolute Gasteiger partial charge is 0.493 e. The van der Waals surface area contributed by atoms with Crippen LogP contribution in [0.1, 0.15) is 31.7 Å². The van der Waals surface area contributed by atoms with Crippen LogP contribution in [0.2, 0.25) is 0 Å². The number of carbonyl (C=O) groups is 1. The van der Waals surface area contributed by atoms with E-state index in [2.05, 4.69) is 23.2 Å². The molecule has 0 aromatic heterocycles. The number of carbonyl (C=O) groups excluding carboxylic acids is 1. The first-order valence-corrected chi connectivity index (χ1v) is 9.94. The SMILES string of the molecule is CCNC(=NCCCc1ccc(OC)c(OC)c1)N1CCC(C(=O)OC)CC1. The molecule has 0 radical (unpaired) electrons. The smallest absolute Gasteiger partial charge is 0.308 e. The third-order valence-corrected chi connectivity index (χ3v) is 5.00. The van der Waals surface area contributed by atoms with Crippen LogP contribution in [0.4, 0.5) is 0 Å². The van der Waals surface area contributed by atoms with Gasteiger partial charge < -0.3 is 24.4 Å². The molecule has 7 heteroatoms. The van der Waals surface area contributed by atoms with E-state index < -0.39 is 0 Å². The van der Waals surface area contributed by atoms with Gasteiger partial charge in [-0.15, -0.1) is 0 Å². The average Bonchev–Trinajstić information content (AvgIpc) is 2.75. The highest BCUT2D eigenvalue weighted by atomic mass is 16.5. The van der Waals surface area contributed by atoms with Crippen LogP contribution in [0, 0.1) is 5.92 Å². The summed E-state index contributed by atoms with van der Waals surface area (Å²) in [6.45, 7) is 5.28. The summed E-state index contributed by atoms with van der Waals surface area (Å²) in [5.41, 5.74) is 1.21. The van der Waals surface area contributed by atoms with Gasteiger partial charge in [0.05, 0.1) is 27.2 Å². The normalized spacial score (nSPS) is 15.3. The van der Waals surface area contributed by atoms with Crippen molar-refractivity contribution in [3.8, 4) is 11.5 Å². The summed E-state index contributed by atoms with van der Waals surface area (Å²) in [5, 5.41) is 3.37. The molecule has 1 aliphatic rings. The Morgan fingerprint density at radius 2 is 1.89 bits per heavy atom. The van der Waals surface area contributed by atoms with Gasteiger partial charge >= 0.3 is 5.97 Å². The topological polar surface area (TPSA) is 72.4 Å². The molecule has 156 valence electrons. The van der Waals surface area contributed by atoms with Gasteiger partial charge in [-0.1, -0.05) is 6.07 Å². The van der Waals surface area contributed by atoms with Crippen LogP contribution in [-0.2, 0) is 16.0 Å². The molecule has 0 spiro atoms. The summed E-state index contributed by atoms with van der Waals surface area (Å²) in [6, 6.07) is 6.02. The van der Waals surface area contributed by atoms with Crippen LogP contribution in [0.3, 0.4) is 0 Å². The van der Waals surface area contributed by atoms with Crippen molar-refractivity contribution in [3.05, 3.63) is 23.8 Å². The Balaban J connectivity index is 1.87. The second-order valence-corrected chi connectivity index (χ2v) is 6.81. The van der Waals surface area contributed by atoms with E-state index >= 15 is 0 Å². The molecule has 1 heterocycles. The number of hydrogen-bond acceptors (Lipinski definition) is 5. The molecule has 2 rings (SSSR count). The highest BCUT2D eigenvalue weighted by Crippen LogP contribution is 2.28. The van der Waals surface area contributed by atoms with Crippen molar-refractivity contribution < 1.29 is 19.0 Å². The van der Waals surface area contributed by atoms with E-state index in [0.717, 1.165) is 69.3 Å². The first kappa shape index (κ1) is 21.9. The van der Waals surface area contributed by atoms with E-state index in [1.807, 2.05) is 12.1 Å². The molecule has 0 bridgehead atoms. The fraction of sp³-hybridized carbons (Fsp3) is 0.619. The first-order chi connectivity index (χ1) is 13.6. The minimum Gasteiger partial charge on any atom is -0.493 e. The van der Waals surface area contributed by atoms with Gasteiger partial charge in [-0.3, -0.25) is 9.79 Å². The van der Waals surface area contributed by atoms with E-state index in [1.165, 1.54) is 12.7 Å². The number of esters is 1. The van der Waals surface area contributed by atoms with E-state index in [9.17, 15) is 4.79 Å². The van der Waals surface area contributed by atoms with Gasteiger partial charge in [0.15, 0.2) is 17.5 Å². The van der Waals surface area contributed by atoms with Crippen LogP contribution >= 0.6 is 0 Å². The lowest BCUT2D eigenvalue weighted by atomic mass is 9.97. The van der Waals surface area contributed by atoms with Crippen molar-refractivity contribution in [1.82, 2.24) is 10.2 Å². The number of guanidine groups is 1.